The molecule has 1 aromatic carbocycles. The number of benzene rings is 1. The van der Waals surface area contributed by atoms with Crippen molar-refractivity contribution in [2.45, 2.75) is 32.5 Å². The van der Waals surface area contributed by atoms with Crippen molar-refractivity contribution in [1.29, 1.82) is 0 Å². The lowest BCUT2D eigenvalue weighted by Gasteiger charge is -2.36. The van der Waals surface area contributed by atoms with Gasteiger partial charge in [-0.25, -0.2) is 0 Å². The summed E-state index contributed by atoms with van der Waals surface area (Å²) < 4.78 is 11.0. The first-order chi connectivity index (χ1) is 9.67. The van der Waals surface area contributed by atoms with Crippen LogP contribution >= 0.6 is 0 Å². The fourth-order valence-electron chi connectivity index (χ4n) is 2.86. The summed E-state index contributed by atoms with van der Waals surface area (Å²) in [6.45, 7) is 5.84. The molecule has 4 heteroatoms. The maximum atomic E-state index is 5.71. The predicted octanol–water partition coefficient (Wildman–Crippen LogP) is 2.01. The van der Waals surface area contributed by atoms with Gasteiger partial charge < -0.3 is 15.2 Å². The Morgan fingerprint density at radius 1 is 1.35 bits per heavy atom. The summed E-state index contributed by atoms with van der Waals surface area (Å²) in [7, 11) is 3.51. The zero-order chi connectivity index (χ0) is 14.5. The number of nitrogens with zero attached hydrogens (tertiary/aromatic N) is 1. The molecule has 1 heterocycles. The van der Waals surface area contributed by atoms with Crippen molar-refractivity contribution < 1.29 is 9.47 Å². The first kappa shape index (κ1) is 15.3. The van der Waals surface area contributed by atoms with E-state index in [1.165, 1.54) is 12.0 Å². The first-order valence-electron chi connectivity index (χ1n) is 7.29. The predicted molar refractivity (Wildman–Crippen MR) is 80.7 cm³/mol. The molecule has 0 amide bonds. The molecule has 1 fully saturated rings. The standard InChI is InChI=1S/C16H26N2O2/c1-12-6-7-18(11-16(12)20-3)10-13-4-5-14(9-17)15(8-13)19-2/h4-5,8,12,16H,6-7,9-11,17H2,1-3H3. The lowest BCUT2D eigenvalue weighted by atomic mass is 9.95. The molecular weight excluding hydrogens is 252 g/mol. The number of nitrogens with two attached hydrogens (primary N) is 1. The van der Waals surface area contributed by atoms with E-state index in [0.29, 0.717) is 18.6 Å². The van der Waals surface area contributed by atoms with Crippen LogP contribution < -0.4 is 10.5 Å². The molecule has 0 saturated carbocycles. The van der Waals surface area contributed by atoms with E-state index in [1.54, 1.807) is 7.11 Å². The Labute approximate surface area is 121 Å². The van der Waals surface area contributed by atoms with E-state index in [1.807, 2.05) is 7.11 Å². The van der Waals surface area contributed by atoms with E-state index in [9.17, 15) is 0 Å². The quantitative estimate of drug-likeness (QED) is 0.895. The molecule has 20 heavy (non-hydrogen) atoms. The van der Waals surface area contributed by atoms with Crippen LogP contribution in [-0.2, 0) is 17.8 Å². The molecule has 0 spiro atoms. The molecule has 2 atom stereocenters. The minimum Gasteiger partial charge on any atom is -0.496 e. The van der Waals surface area contributed by atoms with Crippen LogP contribution in [0.4, 0.5) is 0 Å². The van der Waals surface area contributed by atoms with E-state index < -0.39 is 0 Å². The molecule has 4 nitrogen and oxygen atoms in total. The van der Waals surface area contributed by atoms with Crippen molar-refractivity contribution in [2.75, 3.05) is 27.3 Å². The van der Waals surface area contributed by atoms with Gasteiger partial charge in [-0.3, -0.25) is 4.90 Å². The second-order valence-electron chi connectivity index (χ2n) is 5.63. The Morgan fingerprint density at radius 3 is 2.80 bits per heavy atom. The SMILES string of the molecule is COc1cc(CN2CCC(C)C(OC)C2)ccc1CN. The lowest BCUT2D eigenvalue weighted by Crippen LogP contribution is -2.43. The Morgan fingerprint density at radius 2 is 2.15 bits per heavy atom. The second kappa shape index (κ2) is 7.07. The van der Waals surface area contributed by atoms with Crippen molar-refractivity contribution in [3.8, 4) is 5.75 Å². The van der Waals surface area contributed by atoms with E-state index >= 15 is 0 Å². The van der Waals surface area contributed by atoms with Gasteiger partial charge in [0.2, 0.25) is 0 Å². The third kappa shape index (κ3) is 3.51. The smallest absolute Gasteiger partial charge is 0.123 e. The maximum Gasteiger partial charge on any atom is 0.123 e. The number of hydrogen-bond donors (Lipinski definition) is 1. The molecule has 2 N–H and O–H groups in total. The number of hydrogen-bond acceptors (Lipinski definition) is 4. The highest BCUT2D eigenvalue weighted by molar-refractivity contribution is 5.37. The van der Waals surface area contributed by atoms with Gasteiger partial charge in [0, 0.05) is 32.3 Å². The Balaban J connectivity index is 2.03. The van der Waals surface area contributed by atoms with Crippen LogP contribution in [0.3, 0.4) is 0 Å². The van der Waals surface area contributed by atoms with Gasteiger partial charge in [0.15, 0.2) is 0 Å². The van der Waals surface area contributed by atoms with Crippen LogP contribution in [-0.4, -0.2) is 38.3 Å². The molecule has 0 radical (unpaired) electrons. The van der Waals surface area contributed by atoms with Gasteiger partial charge in [-0.05, 0) is 30.5 Å². The normalized spacial score (nSPS) is 23.8. The van der Waals surface area contributed by atoms with Gasteiger partial charge in [0.05, 0.1) is 13.2 Å². The summed E-state index contributed by atoms with van der Waals surface area (Å²) in [6.07, 6.45) is 1.53. The van der Waals surface area contributed by atoms with Crippen LogP contribution in [0.15, 0.2) is 18.2 Å². The maximum absolute atomic E-state index is 5.71. The highest BCUT2D eigenvalue weighted by atomic mass is 16.5. The van der Waals surface area contributed by atoms with Crippen LogP contribution in [0.25, 0.3) is 0 Å². The summed E-state index contributed by atoms with van der Waals surface area (Å²) in [5.41, 5.74) is 8.03. The Hall–Kier alpha value is -1.10. The molecular formula is C16H26N2O2. The van der Waals surface area contributed by atoms with Crippen molar-refractivity contribution in [1.82, 2.24) is 4.90 Å². The van der Waals surface area contributed by atoms with Crippen molar-refractivity contribution in [2.24, 2.45) is 11.7 Å². The topological polar surface area (TPSA) is 47.7 Å². The Kier molecular flexibility index (Phi) is 5.40. The fourth-order valence-corrected chi connectivity index (χ4v) is 2.86. The van der Waals surface area contributed by atoms with Crippen LogP contribution in [0.5, 0.6) is 5.75 Å². The summed E-state index contributed by atoms with van der Waals surface area (Å²) in [6, 6.07) is 6.31. The molecule has 0 aromatic heterocycles. The average Bonchev–Trinajstić information content (AvgIpc) is 2.49. The van der Waals surface area contributed by atoms with Crippen LogP contribution in [0, 0.1) is 5.92 Å². The summed E-state index contributed by atoms with van der Waals surface area (Å²) in [4.78, 5) is 2.45. The van der Waals surface area contributed by atoms with Crippen LogP contribution in [0.1, 0.15) is 24.5 Å². The molecule has 1 aromatic rings. The van der Waals surface area contributed by atoms with Gasteiger partial charge in [-0.15, -0.1) is 0 Å². The average molecular weight is 278 g/mol. The second-order valence-corrected chi connectivity index (χ2v) is 5.63. The fraction of sp³-hybridized carbons (Fsp3) is 0.625. The molecule has 1 aliphatic rings. The monoisotopic (exact) mass is 278 g/mol. The molecule has 2 rings (SSSR count). The van der Waals surface area contributed by atoms with Crippen LogP contribution in [0.2, 0.25) is 0 Å². The summed E-state index contributed by atoms with van der Waals surface area (Å²) in [5, 5.41) is 0. The van der Waals surface area contributed by atoms with E-state index in [2.05, 4.69) is 30.0 Å². The largest absolute Gasteiger partial charge is 0.496 e. The highest BCUT2D eigenvalue weighted by Crippen LogP contribution is 2.24. The number of ether oxygens (including phenoxy) is 2. The van der Waals surface area contributed by atoms with Crippen molar-refractivity contribution in [3.05, 3.63) is 29.3 Å². The third-order valence-electron chi connectivity index (χ3n) is 4.25. The molecule has 112 valence electrons. The van der Waals surface area contributed by atoms with E-state index in [0.717, 1.165) is 30.9 Å². The number of likely N-dealkylation sites (tertiary alicyclic amines) is 1. The van der Waals surface area contributed by atoms with Gasteiger partial charge >= 0.3 is 0 Å². The van der Waals surface area contributed by atoms with Gasteiger partial charge in [-0.2, -0.15) is 0 Å². The van der Waals surface area contributed by atoms with E-state index in [-0.39, 0.29) is 0 Å². The molecule has 0 bridgehead atoms. The molecule has 1 aliphatic heterocycles. The lowest BCUT2D eigenvalue weighted by molar-refractivity contribution is -0.00746. The van der Waals surface area contributed by atoms with Gasteiger partial charge in [0.25, 0.3) is 0 Å². The Bertz CT molecular complexity index is 436. The third-order valence-corrected chi connectivity index (χ3v) is 4.25. The number of methoxy groups -OCH3 is 2. The first-order valence-corrected chi connectivity index (χ1v) is 7.29. The van der Waals surface area contributed by atoms with E-state index in [4.69, 9.17) is 15.2 Å². The zero-order valence-electron chi connectivity index (χ0n) is 12.8. The number of rotatable bonds is 5. The number of piperidine rings is 1. The highest BCUT2D eigenvalue weighted by Gasteiger charge is 2.25. The minimum absolute atomic E-state index is 0.342. The molecule has 2 unspecified atom stereocenters. The summed E-state index contributed by atoms with van der Waals surface area (Å²) in [5.74, 6) is 1.53. The van der Waals surface area contributed by atoms with Crippen molar-refractivity contribution >= 4 is 0 Å². The van der Waals surface area contributed by atoms with Gasteiger partial charge in [-0.1, -0.05) is 19.1 Å². The molecule has 0 aliphatic carbocycles. The zero-order valence-corrected chi connectivity index (χ0v) is 12.8. The van der Waals surface area contributed by atoms with Gasteiger partial charge in [0.1, 0.15) is 5.75 Å². The van der Waals surface area contributed by atoms with Crippen molar-refractivity contribution in [3.63, 3.8) is 0 Å². The summed E-state index contributed by atoms with van der Waals surface area (Å²) >= 11 is 0. The molecule has 1 saturated heterocycles. The minimum atomic E-state index is 0.342.